The van der Waals surface area contributed by atoms with Gasteiger partial charge in [0.1, 0.15) is 5.60 Å². The molecule has 0 bridgehead atoms. The van der Waals surface area contributed by atoms with E-state index in [9.17, 15) is 14.7 Å². The van der Waals surface area contributed by atoms with Crippen LogP contribution in [0.3, 0.4) is 0 Å². The molecule has 1 unspecified atom stereocenters. The number of rotatable bonds is 5. The molecule has 0 aliphatic heterocycles. The maximum atomic E-state index is 10.7. The SMILES string of the molecule is C=CCC(O)(C=O)CC(=O)OC. The summed E-state index contributed by atoms with van der Waals surface area (Å²) in [4.78, 5) is 21.0. The van der Waals surface area contributed by atoms with Gasteiger partial charge in [-0.15, -0.1) is 6.58 Å². The number of esters is 1. The van der Waals surface area contributed by atoms with Crippen molar-refractivity contribution in [3.63, 3.8) is 0 Å². The summed E-state index contributed by atoms with van der Waals surface area (Å²) >= 11 is 0. The van der Waals surface area contributed by atoms with Crippen molar-refractivity contribution in [1.82, 2.24) is 0 Å². The first kappa shape index (κ1) is 10.8. The van der Waals surface area contributed by atoms with Crippen LogP contribution < -0.4 is 0 Å². The van der Waals surface area contributed by atoms with E-state index in [1.165, 1.54) is 13.2 Å². The van der Waals surface area contributed by atoms with E-state index in [-0.39, 0.29) is 12.8 Å². The Morgan fingerprint density at radius 1 is 1.75 bits per heavy atom. The zero-order chi connectivity index (χ0) is 9.61. The van der Waals surface area contributed by atoms with E-state index in [0.717, 1.165) is 0 Å². The fourth-order valence-electron chi connectivity index (χ4n) is 0.734. The fraction of sp³-hybridized carbons (Fsp3) is 0.500. The molecule has 4 heteroatoms. The predicted octanol–water partition coefficient (Wildman–Crippen LogP) is 0.0556. The second kappa shape index (κ2) is 4.66. The van der Waals surface area contributed by atoms with Gasteiger partial charge in [-0.05, 0) is 0 Å². The molecule has 0 saturated carbocycles. The van der Waals surface area contributed by atoms with Crippen LogP contribution in [0.4, 0.5) is 0 Å². The normalized spacial score (nSPS) is 14.5. The summed E-state index contributed by atoms with van der Waals surface area (Å²) in [5.41, 5.74) is -1.66. The molecule has 0 aromatic heterocycles. The Kier molecular flexibility index (Phi) is 4.21. The van der Waals surface area contributed by atoms with Gasteiger partial charge in [0.05, 0.1) is 13.5 Å². The maximum absolute atomic E-state index is 10.7. The van der Waals surface area contributed by atoms with E-state index in [4.69, 9.17) is 0 Å². The summed E-state index contributed by atoms with van der Waals surface area (Å²) in [5.74, 6) is -0.619. The van der Waals surface area contributed by atoms with Crippen LogP contribution in [0.1, 0.15) is 12.8 Å². The lowest BCUT2D eigenvalue weighted by Crippen LogP contribution is -2.33. The molecule has 0 rings (SSSR count). The molecule has 0 aliphatic carbocycles. The van der Waals surface area contributed by atoms with Gasteiger partial charge in [-0.2, -0.15) is 0 Å². The number of hydrogen-bond acceptors (Lipinski definition) is 4. The highest BCUT2D eigenvalue weighted by Gasteiger charge is 2.28. The number of methoxy groups -OCH3 is 1. The lowest BCUT2D eigenvalue weighted by Gasteiger charge is -2.17. The van der Waals surface area contributed by atoms with Crippen molar-refractivity contribution in [2.45, 2.75) is 18.4 Å². The van der Waals surface area contributed by atoms with Crippen LogP contribution in [0.5, 0.6) is 0 Å². The number of aliphatic hydroxyl groups is 1. The standard InChI is InChI=1S/C8H12O4/c1-3-4-8(11,6-9)5-7(10)12-2/h3,6,11H,1,4-5H2,2H3. The number of carbonyl (C=O) groups is 2. The minimum atomic E-state index is -1.66. The lowest BCUT2D eigenvalue weighted by molar-refractivity contribution is -0.149. The molecule has 0 fully saturated rings. The van der Waals surface area contributed by atoms with Crippen LogP contribution in [-0.2, 0) is 14.3 Å². The molecule has 0 aromatic carbocycles. The van der Waals surface area contributed by atoms with E-state index in [2.05, 4.69) is 11.3 Å². The Hall–Kier alpha value is -1.16. The third kappa shape index (κ3) is 3.30. The van der Waals surface area contributed by atoms with Gasteiger partial charge in [0, 0.05) is 6.42 Å². The van der Waals surface area contributed by atoms with Crippen molar-refractivity contribution in [3.05, 3.63) is 12.7 Å². The van der Waals surface area contributed by atoms with E-state index >= 15 is 0 Å². The van der Waals surface area contributed by atoms with Gasteiger partial charge < -0.3 is 14.6 Å². The average molecular weight is 172 g/mol. The first-order valence-electron chi connectivity index (χ1n) is 3.44. The highest BCUT2D eigenvalue weighted by atomic mass is 16.5. The van der Waals surface area contributed by atoms with Crippen LogP contribution in [-0.4, -0.2) is 30.1 Å². The Balaban J connectivity index is 4.21. The van der Waals surface area contributed by atoms with Crippen molar-refractivity contribution in [2.24, 2.45) is 0 Å². The molecule has 0 heterocycles. The molecule has 0 spiro atoms. The summed E-state index contributed by atoms with van der Waals surface area (Å²) in [7, 11) is 1.20. The van der Waals surface area contributed by atoms with Crippen molar-refractivity contribution in [1.29, 1.82) is 0 Å². The summed E-state index contributed by atoms with van der Waals surface area (Å²) < 4.78 is 4.30. The topological polar surface area (TPSA) is 63.6 Å². The van der Waals surface area contributed by atoms with Crippen LogP contribution >= 0.6 is 0 Å². The molecule has 68 valence electrons. The van der Waals surface area contributed by atoms with Gasteiger partial charge in [-0.3, -0.25) is 4.79 Å². The Morgan fingerprint density at radius 2 is 2.33 bits per heavy atom. The highest BCUT2D eigenvalue weighted by Crippen LogP contribution is 2.13. The highest BCUT2D eigenvalue weighted by molar-refractivity contribution is 5.77. The molecule has 1 atom stereocenters. The van der Waals surface area contributed by atoms with Crippen LogP contribution in [0.15, 0.2) is 12.7 Å². The molecule has 0 radical (unpaired) electrons. The summed E-state index contributed by atoms with van der Waals surface area (Å²) in [6.07, 6.45) is 1.41. The monoisotopic (exact) mass is 172 g/mol. The number of aldehydes is 1. The maximum Gasteiger partial charge on any atom is 0.308 e. The Bertz CT molecular complexity index is 187. The largest absolute Gasteiger partial charge is 0.469 e. The number of hydrogen-bond donors (Lipinski definition) is 1. The number of carbonyl (C=O) groups excluding carboxylic acids is 2. The third-order valence-corrected chi connectivity index (χ3v) is 1.40. The number of ether oxygens (including phenoxy) is 1. The fourth-order valence-corrected chi connectivity index (χ4v) is 0.734. The van der Waals surface area contributed by atoms with Crippen molar-refractivity contribution in [2.75, 3.05) is 7.11 Å². The summed E-state index contributed by atoms with van der Waals surface area (Å²) in [5, 5.41) is 9.38. The van der Waals surface area contributed by atoms with Gasteiger partial charge in [0.15, 0.2) is 6.29 Å². The molecule has 0 saturated heterocycles. The van der Waals surface area contributed by atoms with Crippen molar-refractivity contribution >= 4 is 12.3 Å². The minimum absolute atomic E-state index is 0.0472. The van der Waals surface area contributed by atoms with Crippen molar-refractivity contribution < 1.29 is 19.4 Å². The smallest absolute Gasteiger partial charge is 0.308 e. The molecule has 0 aromatic rings. The zero-order valence-corrected chi connectivity index (χ0v) is 6.95. The first-order chi connectivity index (χ1) is 5.58. The van der Waals surface area contributed by atoms with E-state index in [0.29, 0.717) is 6.29 Å². The van der Waals surface area contributed by atoms with Gasteiger partial charge >= 0.3 is 5.97 Å². The lowest BCUT2D eigenvalue weighted by atomic mass is 9.98. The molecular weight excluding hydrogens is 160 g/mol. The molecule has 1 N–H and O–H groups in total. The van der Waals surface area contributed by atoms with E-state index < -0.39 is 11.6 Å². The van der Waals surface area contributed by atoms with Gasteiger partial charge in [-0.1, -0.05) is 6.08 Å². The molecular formula is C8H12O4. The second-order valence-electron chi connectivity index (χ2n) is 2.47. The molecule has 0 aliphatic rings. The minimum Gasteiger partial charge on any atom is -0.469 e. The van der Waals surface area contributed by atoms with Crippen LogP contribution in [0.25, 0.3) is 0 Å². The second-order valence-corrected chi connectivity index (χ2v) is 2.47. The van der Waals surface area contributed by atoms with Gasteiger partial charge in [0.2, 0.25) is 0 Å². The average Bonchev–Trinajstić information content (AvgIpc) is 2.05. The Labute approximate surface area is 70.8 Å². The van der Waals surface area contributed by atoms with Crippen molar-refractivity contribution in [3.8, 4) is 0 Å². The third-order valence-electron chi connectivity index (χ3n) is 1.40. The van der Waals surface area contributed by atoms with Gasteiger partial charge in [-0.25, -0.2) is 0 Å². The molecule has 4 nitrogen and oxygen atoms in total. The molecule has 12 heavy (non-hydrogen) atoms. The quantitative estimate of drug-likeness (QED) is 0.361. The summed E-state index contributed by atoms with van der Waals surface area (Å²) in [6, 6.07) is 0. The Morgan fingerprint density at radius 3 is 2.67 bits per heavy atom. The first-order valence-corrected chi connectivity index (χ1v) is 3.44. The van der Waals surface area contributed by atoms with Gasteiger partial charge in [0.25, 0.3) is 0 Å². The predicted molar refractivity (Wildman–Crippen MR) is 42.5 cm³/mol. The molecule has 0 amide bonds. The summed E-state index contributed by atoms with van der Waals surface area (Å²) in [6.45, 7) is 3.36. The van der Waals surface area contributed by atoms with E-state index in [1.54, 1.807) is 0 Å². The van der Waals surface area contributed by atoms with Crippen LogP contribution in [0, 0.1) is 0 Å². The zero-order valence-electron chi connectivity index (χ0n) is 6.95. The van der Waals surface area contributed by atoms with E-state index in [1.807, 2.05) is 0 Å². The van der Waals surface area contributed by atoms with Crippen LogP contribution in [0.2, 0.25) is 0 Å².